The number of hydrogen-bond donors (Lipinski definition) is 5. The lowest BCUT2D eigenvalue weighted by atomic mass is 10.0. The van der Waals surface area contributed by atoms with Crippen molar-refractivity contribution in [1.29, 1.82) is 0 Å². The fourth-order valence-electron chi connectivity index (χ4n) is 3.24. The first-order valence-electron chi connectivity index (χ1n) is 10.9. The molecule has 3 aromatic carbocycles. The largest absolute Gasteiger partial charge is 0.478 e. The molecular formula is C26H23N3O7S. The number of anilines is 3. The Morgan fingerprint density at radius 2 is 1.38 bits per heavy atom. The smallest absolute Gasteiger partial charge is 0.336 e. The average molecular weight is 522 g/mol. The minimum absolute atomic E-state index is 0.187. The second-order valence-electron chi connectivity index (χ2n) is 7.86. The number of carboxylic acids is 2. The number of rotatable bonds is 9. The van der Waals surface area contributed by atoms with Crippen molar-refractivity contribution in [3.63, 3.8) is 0 Å². The van der Waals surface area contributed by atoms with Crippen LogP contribution < -0.4 is 16.0 Å². The van der Waals surface area contributed by atoms with Gasteiger partial charge >= 0.3 is 11.9 Å². The van der Waals surface area contributed by atoms with Crippen LogP contribution in [-0.2, 0) is 9.59 Å². The van der Waals surface area contributed by atoms with E-state index < -0.39 is 28.7 Å². The predicted octanol–water partition coefficient (Wildman–Crippen LogP) is 4.41. The highest BCUT2D eigenvalue weighted by Crippen LogP contribution is 2.27. The van der Waals surface area contributed by atoms with Gasteiger partial charge in [-0.3, -0.25) is 14.4 Å². The third-order valence-electron chi connectivity index (χ3n) is 4.99. The Bertz CT molecular complexity index is 1370. The maximum absolute atomic E-state index is 12.7. The maximum Gasteiger partial charge on any atom is 0.336 e. The van der Waals surface area contributed by atoms with E-state index in [4.69, 9.17) is 5.11 Å². The highest BCUT2D eigenvalue weighted by Gasteiger charge is 2.20. The monoisotopic (exact) mass is 521 g/mol. The van der Waals surface area contributed by atoms with Gasteiger partial charge in [0.05, 0.1) is 21.9 Å². The van der Waals surface area contributed by atoms with Crippen LogP contribution in [0.3, 0.4) is 0 Å². The molecule has 0 fully saturated rings. The molecule has 0 bridgehead atoms. The number of nitrogens with one attached hydrogen (secondary N) is 3. The average Bonchev–Trinajstić information content (AvgIpc) is 2.84. The first-order valence-corrected chi connectivity index (χ1v) is 11.8. The van der Waals surface area contributed by atoms with E-state index in [1.807, 2.05) is 0 Å². The molecule has 1 unspecified atom stereocenters. The number of amides is 3. The second-order valence-corrected chi connectivity index (χ2v) is 9.27. The summed E-state index contributed by atoms with van der Waals surface area (Å²) in [5.41, 5.74) is 0.681. The number of benzene rings is 3. The zero-order valence-corrected chi connectivity index (χ0v) is 20.6. The topological polar surface area (TPSA) is 162 Å². The number of hydrogen-bond acceptors (Lipinski definition) is 6. The van der Waals surface area contributed by atoms with Gasteiger partial charge in [-0.25, -0.2) is 9.59 Å². The molecule has 10 nitrogen and oxygen atoms in total. The number of thioether (sulfide) groups is 1. The van der Waals surface area contributed by atoms with Gasteiger partial charge in [0.15, 0.2) is 0 Å². The first-order chi connectivity index (χ1) is 17.5. The maximum atomic E-state index is 12.7. The summed E-state index contributed by atoms with van der Waals surface area (Å²) in [5.74, 6) is -3.90. The van der Waals surface area contributed by atoms with Gasteiger partial charge in [-0.1, -0.05) is 6.07 Å². The summed E-state index contributed by atoms with van der Waals surface area (Å²) in [6.45, 7) is 3.13. The Kier molecular flexibility index (Phi) is 8.64. The highest BCUT2D eigenvalue weighted by atomic mass is 32.2. The molecule has 11 heteroatoms. The lowest BCUT2D eigenvalue weighted by Crippen LogP contribution is -2.22. The Hall–Kier alpha value is -4.64. The second kappa shape index (κ2) is 11.9. The van der Waals surface area contributed by atoms with Gasteiger partial charge in [-0.05, 0) is 67.6 Å². The number of carbonyl (C=O) groups excluding carboxylic acids is 3. The molecule has 0 aliphatic heterocycles. The summed E-state index contributed by atoms with van der Waals surface area (Å²) in [5, 5.41) is 26.0. The molecule has 5 N–H and O–H groups in total. The minimum atomic E-state index is -1.43. The lowest BCUT2D eigenvalue weighted by Gasteiger charge is -2.14. The summed E-state index contributed by atoms with van der Waals surface area (Å²) in [7, 11) is 0. The summed E-state index contributed by atoms with van der Waals surface area (Å²) in [6.07, 6.45) is 0. The summed E-state index contributed by atoms with van der Waals surface area (Å²) in [4.78, 5) is 59.9. The van der Waals surface area contributed by atoms with Gasteiger partial charge in [0.25, 0.3) is 5.91 Å². The third-order valence-corrected chi connectivity index (χ3v) is 6.08. The fourth-order valence-corrected chi connectivity index (χ4v) is 4.17. The first kappa shape index (κ1) is 27.0. The zero-order chi connectivity index (χ0) is 27.1. The normalized spacial score (nSPS) is 11.2. The third kappa shape index (κ3) is 7.42. The summed E-state index contributed by atoms with van der Waals surface area (Å²) >= 11 is 1.25. The fraction of sp³-hybridized carbons (Fsp3) is 0.115. The van der Waals surface area contributed by atoms with Gasteiger partial charge in [0.1, 0.15) is 0 Å². The Labute approximate surface area is 216 Å². The molecule has 3 amide bonds. The van der Waals surface area contributed by atoms with Crippen molar-refractivity contribution < 1.29 is 34.2 Å². The van der Waals surface area contributed by atoms with E-state index in [0.717, 1.165) is 18.2 Å². The zero-order valence-electron chi connectivity index (χ0n) is 19.8. The van der Waals surface area contributed by atoms with Crippen molar-refractivity contribution in [2.45, 2.75) is 24.0 Å². The van der Waals surface area contributed by atoms with Crippen LogP contribution in [0.2, 0.25) is 0 Å². The molecule has 190 valence electrons. The van der Waals surface area contributed by atoms with Crippen molar-refractivity contribution in [3.05, 3.63) is 83.4 Å². The molecule has 0 radical (unpaired) electrons. The van der Waals surface area contributed by atoms with E-state index in [1.54, 1.807) is 55.5 Å². The van der Waals surface area contributed by atoms with E-state index >= 15 is 0 Å². The van der Waals surface area contributed by atoms with E-state index in [1.165, 1.54) is 18.7 Å². The van der Waals surface area contributed by atoms with Crippen LogP contribution in [0.5, 0.6) is 0 Å². The molecule has 0 aliphatic rings. The minimum Gasteiger partial charge on any atom is -0.478 e. The van der Waals surface area contributed by atoms with Crippen molar-refractivity contribution in [2.75, 3.05) is 16.0 Å². The van der Waals surface area contributed by atoms with Gasteiger partial charge in [-0.2, -0.15) is 0 Å². The van der Waals surface area contributed by atoms with Crippen LogP contribution in [0.4, 0.5) is 17.1 Å². The lowest BCUT2D eigenvalue weighted by molar-refractivity contribution is -0.115. The Morgan fingerprint density at radius 1 is 0.730 bits per heavy atom. The van der Waals surface area contributed by atoms with Gasteiger partial charge in [0.2, 0.25) is 11.8 Å². The molecule has 0 spiro atoms. The van der Waals surface area contributed by atoms with Gasteiger partial charge in [0, 0.05) is 28.9 Å². The van der Waals surface area contributed by atoms with Crippen molar-refractivity contribution in [2.24, 2.45) is 0 Å². The van der Waals surface area contributed by atoms with Crippen LogP contribution in [0.1, 0.15) is 44.9 Å². The molecule has 0 saturated heterocycles. The van der Waals surface area contributed by atoms with Crippen molar-refractivity contribution in [3.8, 4) is 0 Å². The SMILES string of the molecule is CC(=O)Nc1ccc(NC(=O)C(C)Sc2cccc(NC(=O)c3ccc(C(=O)O)cc3C(=O)O)c2)cc1. The molecule has 0 aliphatic carbocycles. The van der Waals surface area contributed by atoms with E-state index in [-0.39, 0.29) is 22.9 Å². The van der Waals surface area contributed by atoms with Crippen LogP contribution in [0, 0.1) is 0 Å². The van der Waals surface area contributed by atoms with E-state index in [2.05, 4.69) is 16.0 Å². The summed E-state index contributed by atoms with van der Waals surface area (Å²) in [6, 6.07) is 16.6. The highest BCUT2D eigenvalue weighted by molar-refractivity contribution is 8.00. The predicted molar refractivity (Wildman–Crippen MR) is 139 cm³/mol. The van der Waals surface area contributed by atoms with Gasteiger partial charge < -0.3 is 26.2 Å². The summed E-state index contributed by atoms with van der Waals surface area (Å²) < 4.78 is 0. The Balaban J connectivity index is 1.66. The van der Waals surface area contributed by atoms with E-state index in [0.29, 0.717) is 22.0 Å². The van der Waals surface area contributed by atoms with Crippen LogP contribution in [-0.4, -0.2) is 45.1 Å². The quantitative estimate of drug-likeness (QED) is 0.259. The molecule has 1 atom stereocenters. The molecular weight excluding hydrogens is 498 g/mol. The van der Waals surface area contributed by atoms with Crippen molar-refractivity contribution in [1.82, 2.24) is 0 Å². The number of carbonyl (C=O) groups is 5. The van der Waals surface area contributed by atoms with E-state index in [9.17, 15) is 29.1 Å². The molecule has 37 heavy (non-hydrogen) atoms. The molecule has 0 saturated carbocycles. The number of carboxylic acid groups (broad SMARTS) is 2. The molecule has 3 rings (SSSR count). The van der Waals surface area contributed by atoms with Crippen LogP contribution in [0.25, 0.3) is 0 Å². The number of aromatic carboxylic acids is 2. The molecule has 3 aromatic rings. The van der Waals surface area contributed by atoms with Crippen LogP contribution in [0.15, 0.2) is 71.6 Å². The standard InChI is InChI=1S/C26H23N3O7S/c1-14(23(31)28-18-9-7-17(8-10-18)27-15(2)30)37-20-5-3-4-19(13-20)29-24(32)21-11-6-16(25(33)34)12-22(21)26(35)36/h3-14H,1-2H3,(H,27,30)(H,28,31)(H,29,32)(H,33,34)(H,35,36). The molecule has 0 aromatic heterocycles. The van der Waals surface area contributed by atoms with Crippen LogP contribution >= 0.6 is 11.8 Å². The molecule has 0 heterocycles. The van der Waals surface area contributed by atoms with Gasteiger partial charge in [-0.15, -0.1) is 11.8 Å². The Morgan fingerprint density at radius 3 is 1.97 bits per heavy atom. The van der Waals surface area contributed by atoms with Crippen molar-refractivity contribution >= 4 is 58.5 Å².